The van der Waals surface area contributed by atoms with Gasteiger partial charge in [-0.2, -0.15) is 0 Å². The molecule has 0 amide bonds. The van der Waals surface area contributed by atoms with Gasteiger partial charge in [-0.05, 0) is 0 Å². The van der Waals surface area contributed by atoms with Gasteiger partial charge in [0.1, 0.15) is 0 Å². The SMILES string of the molecule is CCN(CC)SS(=O)(=O)[O-].[K+]. The normalized spacial score (nSPS) is 11.3. The van der Waals surface area contributed by atoms with Crippen LogP contribution in [0.25, 0.3) is 0 Å². The predicted molar refractivity (Wildman–Crippen MR) is 40.2 cm³/mol. The van der Waals surface area contributed by atoms with Gasteiger partial charge in [0.2, 0.25) is 0 Å². The van der Waals surface area contributed by atoms with E-state index >= 15 is 0 Å². The zero-order valence-electron chi connectivity index (χ0n) is 6.90. The minimum Gasteiger partial charge on any atom is -0.738 e. The fraction of sp³-hybridized carbons (Fsp3) is 1.00. The van der Waals surface area contributed by atoms with Crippen LogP contribution in [0, 0.1) is 0 Å². The van der Waals surface area contributed by atoms with E-state index in [-0.39, 0.29) is 51.4 Å². The van der Waals surface area contributed by atoms with Crippen molar-refractivity contribution < 1.29 is 64.4 Å². The number of hydrogen-bond acceptors (Lipinski definition) is 5. The van der Waals surface area contributed by atoms with E-state index < -0.39 is 9.15 Å². The van der Waals surface area contributed by atoms with Crippen LogP contribution in [0.1, 0.15) is 13.8 Å². The molecule has 0 heterocycles. The molecule has 0 rings (SSSR count). The molecule has 0 spiro atoms. The third-order valence-corrected chi connectivity index (χ3v) is 2.99. The van der Waals surface area contributed by atoms with Crippen molar-refractivity contribution in [1.82, 2.24) is 4.31 Å². The van der Waals surface area contributed by atoms with Crippen LogP contribution in [0.5, 0.6) is 0 Å². The van der Waals surface area contributed by atoms with E-state index in [2.05, 4.69) is 0 Å². The second kappa shape index (κ2) is 7.28. The Morgan fingerprint density at radius 1 is 1.36 bits per heavy atom. The minimum atomic E-state index is -4.15. The topological polar surface area (TPSA) is 60.4 Å². The van der Waals surface area contributed by atoms with Crippen molar-refractivity contribution in [3.05, 3.63) is 0 Å². The van der Waals surface area contributed by atoms with Crippen LogP contribution in [0.4, 0.5) is 0 Å². The largest absolute Gasteiger partial charge is 1.00 e. The number of hydrogen-bond donors (Lipinski definition) is 0. The monoisotopic (exact) mass is 223 g/mol. The Morgan fingerprint density at radius 3 is 1.82 bits per heavy atom. The predicted octanol–water partition coefficient (Wildman–Crippen LogP) is -2.56. The van der Waals surface area contributed by atoms with Crippen molar-refractivity contribution in [2.45, 2.75) is 13.8 Å². The Hall–Kier alpha value is 1.86. The molecule has 0 saturated heterocycles. The van der Waals surface area contributed by atoms with Gasteiger partial charge in [0.15, 0.2) is 9.15 Å². The standard InChI is InChI=1S/C4H11NO3S2.K/c1-3-5(4-2)9-10(6,7)8;/h3-4H2,1-2H3,(H,6,7,8);/q;+1/p-1. The number of nitrogens with zero attached hydrogens (tertiary/aromatic N) is 1. The Bertz CT molecular complexity index is 178. The smallest absolute Gasteiger partial charge is 0.738 e. The molecule has 0 aliphatic rings. The van der Waals surface area contributed by atoms with Crippen molar-refractivity contribution in [3.63, 3.8) is 0 Å². The molecule has 62 valence electrons. The molecule has 0 N–H and O–H groups in total. The zero-order valence-corrected chi connectivity index (χ0v) is 11.7. The first-order chi connectivity index (χ1) is 4.49. The molecule has 0 fully saturated rings. The maximum Gasteiger partial charge on any atom is 1.00 e. The van der Waals surface area contributed by atoms with Crippen LogP contribution in [0.2, 0.25) is 0 Å². The molecule has 0 radical (unpaired) electrons. The molecule has 0 aromatic heterocycles. The third-order valence-electron chi connectivity index (χ3n) is 0.902. The van der Waals surface area contributed by atoms with Crippen LogP contribution >= 0.6 is 11.0 Å². The second-order valence-electron chi connectivity index (χ2n) is 1.60. The summed E-state index contributed by atoms with van der Waals surface area (Å²) in [5, 5.41) is 0. The molecule has 7 heteroatoms. The van der Waals surface area contributed by atoms with E-state index in [9.17, 15) is 13.0 Å². The van der Waals surface area contributed by atoms with Gasteiger partial charge in [-0.1, -0.05) is 13.8 Å². The van der Waals surface area contributed by atoms with E-state index in [1.165, 1.54) is 4.31 Å². The Labute approximate surface area is 114 Å². The van der Waals surface area contributed by atoms with Gasteiger partial charge in [-0.15, -0.1) is 0 Å². The van der Waals surface area contributed by atoms with Gasteiger partial charge in [-0.3, -0.25) is 0 Å². The molecule has 0 aliphatic heterocycles. The van der Waals surface area contributed by atoms with E-state index in [0.29, 0.717) is 24.1 Å². The van der Waals surface area contributed by atoms with Crippen LogP contribution < -0.4 is 51.4 Å². The van der Waals surface area contributed by atoms with Crippen molar-refractivity contribution >= 4 is 20.1 Å². The zero-order chi connectivity index (χ0) is 8.20. The summed E-state index contributed by atoms with van der Waals surface area (Å²) in [6, 6.07) is 0. The quantitative estimate of drug-likeness (QED) is 0.227. The third kappa shape index (κ3) is 9.77. The van der Waals surface area contributed by atoms with Gasteiger partial charge < -0.3 is 4.55 Å². The Balaban J connectivity index is 0. The molecular weight excluding hydrogens is 213 g/mol. The van der Waals surface area contributed by atoms with Crippen molar-refractivity contribution in [3.8, 4) is 0 Å². The molecular formula is C4H10KNO3S2. The summed E-state index contributed by atoms with van der Waals surface area (Å²) in [6.45, 7) is 4.70. The van der Waals surface area contributed by atoms with Gasteiger partial charge in [-0.25, -0.2) is 12.7 Å². The molecule has 0 bridgehead atoms. The molecule has 0 unspecified atom stereocenters. The first kappa shape index (κ1) is 15.3. The van der Waals surface area contributed by atoms with Crippen LogP contribution in [0.3, 0.4) is 0 Å². The molecule has 11 heavy (non-hydrogen) atoms. The van der Waals surface area contributed by atoms with Crippen LogP contribution in [-0.2, 0) is 9.15 Å². The van der Waals surface area contributed by atoms with Gasteiger partial charge in [0.05, 0.1) is 0 Å². The average molecular weight is 223 g/mol. The maximum atomic E-state index is 10.1. The van der Waals surface area contributed by atoms with Gasteiger partial charge in [0, 0.05) is 24.1 Å². The van der Waals surface area contributed by atoms with Gasteiger partial charge >= 0.3 is 51.4 Å². The first-order valence-corrected chi connectivity index (χ1v) is 5.59. The van der Waals surface area contributed by atoms with E-state index in [1.54, 1.807) is 13.8 Å². The summed E-state index contributed by atoms with van der Waals surface area (Å²) >= 11 is 0. The fourth-order valence-electron chi connectivity index (χ4n) is 0.458. The van der Waals surface area contributed by atoms with E-state index in [1.807, 2.05) is 0 Å². The molecule has 0 atom stereocenters. The number of rotatable bonds is 4. The average Bonchev–Trinajstić information content (AvgIpc) is 1.81. The van der Waals surface area contributed by atoms with Crippen LogP contribution in [0.15, 0.2) is 0 Å². The minimum absolute atomic E-state index is 0. The Kier molecular flexibility index (Phi) is 10.1. The summed E-state index contributed by atoms with van der Waals surface area (Å²) in [4.78, 5) is 0. The molecule has 0 saturated carbocycles. The van der Waals surface area contributed by atoms with Crippen molar-refractivity contribution in [2.75, 3.05) is 13.1 Å². The summed E-state index contributed by atoms with van der Waals surface area (Å²) in [7, 11) is -3.80. The first-order valence-electron chi connectivity index (χ1n) is 2.90. The molecule has 0 aromatic rings. The fourth-order valence-corrected chi connectivity index (χ4v) is 2.33. The van der Waals surface area contributed by atoms with Crippen molar-refractivity contribution in [2.24, 2.45) is 0 Å². The summed E-state index contributed by atoms with van der Waals surface area (Å²) in [6.07, 6.45) is 0. The van der Waals surface area contributed by atoms with Crippen molar-refractivity contribution in [1.29, 1.82) is 0 Å². The van der Waals surface area contributed by atoms with E-state index in [4.69, 9.17) is 0 Å². The molecule has 0 aromatic carbocycles. The summed E-state index contributed by atoms with van der Waals surface area (Å²) < 4.78 is 31.9. The maximum absolute atomic E-state index is 10.1. The second-order valence-corrected chi connectivity index (χ2v) is 4.75. The summed E-state index contributed by atoms with van der Waals surface area (Å²) in [5.41, 5.74) is 0. The van der Waals surface area contributed by atoms with E-state index in [0.717, 1.165) is 0 Å². The molecule has 0 aliphatic carbocycles. The molecule has 4 nitrogen and oxygen atoms in total. The van der Waals surface area contributed by atoms with Gasteiger partial charge in [0.25, 0.3) is 0 Å². The van der Waals surface area contributed by atoms with Crippen LogP contribution in [-0.4, -0.2) is 30.4 Å². The Morgan fingerprint density at radius 2 is 1.73 bits per heavy atom. The summed E-state index contributed by atoms with van der Waals surface area (Å²) in [5.74, 6) is 0.